The summed E-state index contributed by atoms with van der Waals surface area (Å²) in [5.41, 5.74) is -0.133. The van der Waals surface area contributed by atoms with Gasteiger partial charge < -0.3 is 15.0 Å². The molecule has 1 N–H and O–H groups in total. The maximum Gasteiger partial charge on any atom is 0.193 e. The standard InChI is InChI=1S/C9H19N3O/c1-9(2,13-4)7-11-8-10-5-6-12(8)3/h5-7H2,1-4H3,(H,10,11). The molecule has 0 aromatic carbocycles. The van der Waals surface area contributed by atoms with Crippen LogP contribution in [0.15, 0.2) is 4.99 Å². The van der Waals surface area contributed by atoms with E-state index in [1.165, 1.54) is 0 Å². The van der Waals surface area contributed by atoms with Crippen LogP contribution in [0.2, 0.25) is 0 Å². The summed E-state index contributed by atoms with van der Waals surface area (Å²) in [6.07, 6.45) is 0. The summed E-state index contributed by atoms with van der Waals surface area (Å²) in [6.45, 7) is 6.79. The number of methoxy groups -OCH3 is 1. The molecule has 0 fully saturated rings. The number of rotatable bonds is 3. The van der Waals surface area contributed by atoms with Crippen LogP contribution in [0.25, 0.3) is 0 Å². The smallest absolute Gasteiger partial charge is 0.193 e. The lowest BCUT2D eigenvalue weighted by Crippen LogP contribution is -2.44. The third-order valence-electron chi connectivity index (χ3n) is 2.28. The van der Waals surface area contributed by atoms with E-state index in [0.29, 0.717) is 0 Å². The van der Waals surface area contributed by atoms with Gasteiger partial charge in [0.1, 0.15) is 0 Å². The molecule has 0 amide bonds. The molecule has 4 nitrogen and oxygen atoms in total. The fraction of sp³-hybridized carbons (Fsp3) is 0.889. The second kappa shape index (κ2) is 3.96. The Bertz CT molecular complexity index is 201. The third kappa shape index (κ3) is 2.88. The van der Waals surface area contributed by atoms with Crippen LogP contribution in [0.3, 0.4) is 0 Å². The molecule has 0 aromatic rings. The first-order valence-electron chi connectivity index (χ1n) is 4.60. The van der Waals surface area contributed by atoms with E-state index in [1.807, 2.05) is 7.05 Å². The molecule has 0 bridgehead atoms. The monoisotopic (exact) mass is 185 g/mol. The number of hydrogen-bond acceptors (Lipinski definition) is 4. The highest BCUT2D eigenvalue weighted by Gasteiger charge is 2.19. The number of nitrogens with one attached hydrogen (secondary N) is 1. The molecule has 4 heteroatoms. The van der Waals surface area contributed by atoms with Crippen molar-refractivity contribution in [2.45, 2.75) is 19.4 Å². The fourth-order valence-electron chi connectivity index (χ4n) is 1.09. The van der Waals surface area contributed by atoms with Crippen molar-refractivity contribution in [3.8, 4) is 0 Å². The first-order chi connectivity index (χ1) is 6.05. The predicted molar refractivity (Wildman–Crippen MR) is 54.0 cm³/mol. The van der Waals surface area contributed by atoms with Gasteiger partial charge in [-0.2, -0.15) is 0 Å². The van der Waals surface area contributed by atoms with Crippen molar-refractivity contribution in [3.05, 3.63) is 0 Å². The number of aliphatic imine (C=N–C) groups is 1. The van der Waals surface area contributed by atoms with Crippen LogP contribution in [0.1, 0.15) is 13.8 Å². The molecule has 13 heavy (non-hydrogen) atoms. The minimum atomic E-state index is -0.133. The van der Waals surface area contributed by atoms with E-state index in [-0.39, 0.29) is 5.60 Å². The molecule has 1 aliphatic heterocycles. The highest BCUT2D eigenvalue weighted by molar-refractivity contribution is 5.81. The van der Waals surface area contributed by atoms with E-state index in [9.17, 15) is 0 Å². The molecule has 0 saturated carbocycles. The van der Waals surface area contributed by atoms with Crippen molar-refractivity contribution in [2.24, 2.45) is 4.99 Å². The van der Waals surface area contributed by atoms with Crippen LogP contribution in [0, 0.1) is 0 Å². The molecule has 0 saturated heterocycles. The summed E-state index contributed by atoms with van der Waals surface area (Å²) < 4.78 is 5.30. The Hall–Kier alpha value is -0.770. The molecule has 0 atom stereocenters. The Morgan fingerprint density at radius 2 is 2.31 bits per heavy atom. The lowest BCUT2D eigenvalue weighted by Gasteiger charge is -2.25. The van der Waals surface area contributed by atoms with Crippen molar-refractivity contribution in [1.82, 2.24) is 10.2 Å². The molecular formula is C9H19N3O. The van der Waals surface area contributed by atoms with E-state index in [4.69, 9.17) is 4.74 Å². The van der Waals surface area contributed by atoms with E-state index in [0.717, 1.165) is 25.6 Å². The lowest BCUT2D eigenvalue weighted by atomic mass is 10.1. The zero-order valence-electron chi connectivity index (χ0n) is 8.92. The highest BCUT2D eigenvalue weighted by atomic mass is 16.5. The Balaban J connectivity index is 2.34. The number of guanidine groups is 1. The van der Waals surface area contributed by atoms with Crippen molar-refractivity contribution >= 4 is 5.96 Å². The number of likely N-dealkylation sites (N-methyl/N-ethyl adjacent to an activating group) is 1. The fourth-order valence-corrected chi connectivity index (χ4v) is 1.09. The van der Waals surface area contributed by atoms with Crippen molar-refractivity contribution < 1.29 is 4.74 Å². The van der Waals surface area contributed by atoms with Crippen LogP contribution < -0.4 is 5.32 Å². The molecule has 0 radical (unpaired) electrons. The van der Waals surface area contributed by atoms with Crippen LogP contribution in [0.4, 0.5) is 0 Å². The number of ether oxygens (including phenoxy) is 1. The van der Waals surface area contributed by atoms with Crippen molar-refractivity contribution in [3.63, 3.8) is 0 Å². The van der Waals surface area contributed by atoms with Gasteiger partial charge in [0.25, 0.3) is 0 Å². The maximum absolute atomic E-state index is 5.30. The highest BCUT2D eigenvalue weighted by Crippen LogP contribution is 2.05. The van der Waals surface area contributed by atoms with Gasteiger partial charge in [-0.05, 0) is 13.8 Å². The second-order valence-corrected chi connectivity index (χ2v) is 3.94. The Morgan fingerprint density at radius 1 is 1.62 bits per heavy atom. The van der Waals surface area contributed by atoms with E-state index in [2.05, 4.69) is 29.1 Å². The van der Waals surface area contributed by atoms with Gasteiger partial charge in [-0.3, -0.25) is 4.99 Å². The molecule has 0 aliphatic carbocycles. The van der Waals surface area contributed by atoms with Crippen LogP contribution in [-0.4, -0.2) is 50.3 Å². The molecule has 1 aliphatic rings. The minimum absolute atomic E-state index is 0.133. The largest absolute Gasteiger partial charge is 0.377 e. The maximum atomic E-state index is 5.30. The van der Waals surface area contributed by atoms with E-state index < -0.39 is 0 Å². The summed E-state index contributed by atoms with van der Waals surface area (Å²) >= 11 is 0. The van der Waals surface area contributed by atoms with Crippen molar-refractivity contribution in [1.29, 1.82) is 0 Å². The Kier molecular flexibility index (Phi) is 3.14. The Morgan fingerprint density at radius 3 is 2.77 bits per heavy atom. The van der Waals surface area contributed by atoms with Gasteiger partial charge in [0.05, 0.1) is 12.1 Å². The lowest BCUT2D eigenvalue weighted by molar-refractivity contribution is 0.0265. The topological polar surface area (TPSA) is 36.9 Å². The van der Waals surface area contributed by atoms with Crippen LogP contribution in [-0.2, 0) is 4.74 Å². The summed E-state index contributed by atoms with van der Waals surface area (Å²) in [7, 11) is 3.76. The van der Waals surface area contributed by atoms with Gasteiger partial charge >= 0.3 is 0 Å². The molecule has 0 aromatic heterocycles. The van der Waals surface area contributed by atoms with Crippen molar-refractivity contribution in [2.75, 3.05) is 33.8 Å². The predicted octanol–water partition coefficient (Wildman–Crippen LogP) is 0.302. The first-order valence-corrected chi connectivity index (χ1v) is 4.60. The van der Waals surface area contributed by atoms with E-state index in [1.54, 1.807) is 7.11 Å². The van der Waals surface area contributed by atoms with Crippen LogP contribution >= 0.6 is 0 Å². The number of hydrogen-bond donors (Lipinski definition) is 1. The van der Waals surface area contributed by atoms with Gasteiger partial charge in [-0.25, -0.2) is 0 Å². The number of nitrogens with zero attached hydrogens (tertiary/aromatic N) is 2. The zero-order valence-corrected chi connectivity index (χ0v) is 8.92. The minimum Gasteiger partial charge on any atom is -0.377 e. The molecule has 0 spiro atoms. The first kappa shape index (κ1) is 10.3. The SMILES string of the molecule is COC(C)(C)CNC1=NCCN1C. The molecule has 0 unspecified atom stereocenters. The molecule has 1 rings (SSSR count). The molecule has 76 valence electrons. The molecule has 1 heterocycles. The summed E-state index contributed by atoms with van der Waals surface area (Å²) in [5.74, 6) is 0.977. The van der Waals surface area contributed by atoms with Gasteiger partial charge in [-0.15, -0.1) is 0 Å². The quantitative estimate of drug-likeness (QED) is 0.687. The third-order valence-corrected chi connectivity index (χ3v) is 2.28. The second-order valence-electron chi connectivity index (χ2n) is 3.94. The normalized spacial score (nSPS) is 17.5. The van der Waals surface area contributed by atoms with Gasteiger partial charge in [0.2, 0.25) is 0 Å². The average molecular weight is 185 g/mol. The summed E-state index contributed by atoms with van der Waals surface area (Å²) in [6, 6.07) is 0. The van der Waals surface area contributed by atoms with Gasteiger partial charge in [-0.1, -0.05) is 0 Å². The Labute approximate surface area is 80.0 Å². The van der Waals surface area contributed by atoms with Gasteiger partial charge in [0, 0.05) is 27.2 Å². The van der Waals surface area contributed by atoms with Crippen LogP contribution in [0.5, 0.6) is 0 Å². The zero-order chi connectivity index (χ0) is 9.90. The van der Waals surface area contributed by atoms with Gasteiger partial charge in [0.15, 0.2) is 5.96 Å². The van der Waals surface area contributed by atoms with E-state index >= 15 is 0 Å². The molecular weight excluding hydrogens is 166 g/mol. The summed E-state index contributed by atoms with van der Waals surface area (Å²) in [5, 5.41) is 3.27. The summed E-state index contributed by atoms with van der Waals surface area (Å²) in [4.78, 5) is 6.45. The average Bonchev–Trinajstić information content (AvgIpc) is 2.48.